The highest BCUT2D eigenvalue weighted by Gasteiger charge is 2.37. The second kappa shape index (κ2) is 4.80. The van der Waals surface area contributed by atoms with Crippen LogP contribution in [-0.2, 0) is 6.42 Å². The first-order valence-electron chi connectivity index (χ1n) is 7.94. The molecular weight excluding hydrogens is 256 g/mol. The summed E-state index contributed by atoms with van der Waals surface area (Å²) in [5, 5.41) is 0. The van der Waals surface area contributed by atoms with Crippen molar-refractivity contribution in [3.8, 4) is 0 Å². The first-order chi connectivity index (χ1) is 10.3. The van der Waals surface area contributed by atoms with Crippen molar-refractivity contribution in [2.24, 2.45) is 0 Å². The molecule has 108 valence electrons. The molecule has 2 heteroatoms. The van der Waals surface area contributed by atoms with E-state index in [0.29, 0.717) is 12.2 Å². The van der Waals surface area contributed by atoms with E-state index in [2.05, 4.69) is 72.2 Å². The molecule has 3 heterocycles. The maximum atomic E-state index is 2.64. The van der Waals surface area contributed by atoms with E-state index in [-0.39, 0.29) is 0 Å². The molecule has 1 unspecified atom stereocenters. The molecule has 0 N–H and O–H groups in total. The zero-order chi connectivity index (χ0) is 14.4. The van der Waals surface area contributed by atoms with Crippen LogP contribution in [-0.4, -0.2) is 18.8 Å². The predicted octanol–water partition coefficient (Wildman–Crippen LogP) is 3.98. The Labute approximate surface area is 127 Å². The van der Waals surface area contributed by atoms with E-state index < -0.39 is 0 Å². The van der Waals surface area contributed by atoms with Gasteiger partial charge in [0.25, 0.3) is 0 Å². The molecule has 2 bridgehead atoms. The Morgan fingerprint density at radius 2 is 1.67 bits per heavy atom. The quantitative estimate of drug-likeness (QED) is 0.778. The van der Waals surface area contributed by atoms with Crippen molar-refractivity contribution >= 4 is 11.4 Å². The molecule has 1 fully saturated rings. The summed E-state index contributed by atoms with van der Waals surface area (Å²) < 4.78 is 0. The summed E-state index contributed by atoms with van der Waals surface area (Å²) in [6.45, 7) is 5.75. The second-order valence-electron chi connectivity index (χ2n) is 6.29. The SMILES string of the molecule is Cc1ccccc1N1C2CCN(c3ccccc3C2)[C@@H]1C. The Hall–Kier alpha value is -1.96. The largest absolute Gasteiger partial charge is 0.351 e. The van der Waals surface area contributed by atoms with Gasteiger partial charge < -0.3 is 9.80 Å². The van der Waals surface area contributed by atoms with Gasteiger partial charge in [-0.2, -0.15) is 0 Å². The van der Waals surface area contributed by atoms with Crippen molar-refractivity contribution in [1.29, 1.82) is 0 Å². The lowest BCUT2D eigenvalue weighted by atomic mass is 10.00. The first-order valence-corrected chi connectivity index (χ1v) is 7.94. The first kappa shape index (κ1) is 12.8. The van der Waals surface area contributed by atoms with Gasteiger partial charge in [0, 0.05) is 24.0 Å². The van der Waals surface area contributed by atoms with E-state index in [0.717, 1.165) is 6.42 Å². The van der Waals surface area contributed by atoms with Crippen LogP contribution < -0.4 is 9.80 Å². The molecule has 0 saturated carbocycles. The summed E-state index contributed by atoms with van der Waals surface area (Å²) in [5.74, 6) is 0. The summed E-state index contributed by atoms with van der Waals surface area (Å²) in [6, 6.07) is 18.3. The molecule has 2 aromatic carbocycles. The van der Waals surface area contributed by atoms with Crippen LogP contribution in [0.5, 0.6) is 0 Å². The Balaban J connectivity index is 1.82. The number of benzene rings is 2. The van der Waals surface area contributed by atoms with Gasteiger partial charge in [-0.15, -0.1) is 0 Å². The smallest absolute Gasteiger partial charge is 0.0989 e. The van der Waals surface area contributed by atoms with Crippen molar-refractivity contribution in [2.75, 3.05) is 16.3 Å². The summed E-state index contributed by atoms with van der Waals surface area (Å²) in [5.41, 5.74) is 5.71. The monoisotopic (exact) mass is 278 g/mol. The Kier molecular flexibility index (Phi) is 2.91. The third kappa shape index (κ3) is 1.93. The normalized spacial score (nSPS) is 23.9. The predicted molar refractivity (Wildman–Crippen MR) is 89.0 cm³/mol. The summed E-state index contributed by atoms with van der Waals surface area (Å²) >= 11 is 0. The fourth-order valence-corrected chi connectivity index (χ4v) is 4.06. The molecule has 2 atom stereocenters. The van der Waals surface area contributed by atoms with E-state index in [1.54, 1.807) is 0 Å². The van der Waals surface area contributed by atoms with E-state index in [9.17, 15) is 0 Å². The third-order valence-corrected chi connectivity index (χ3v) is 5.10. The van der Waals surface area contributed by atoms with Crippen LogP contribution in [0.2, 0.25) is 0 Å². The van der Waals surface area contributed by atoms with Crippen molar-refractivity contribution in [3.63, 3.8) is 0 Å². The topological polar surface area (TPSA) is 6.48 Å². The fourth-order valence-electron chi connectivity index (χ4n) is 4.06. The van der Waals surface area contributed by atoms with Crippen molar-refractivity contribution < 1.29 is 0 Å². The highest BCUT2D eigenvalue weighted by atomic mass is 15.4. The van der Waals surface area contributed by atoms with Gasteiger partial charge in [0.15, 0.2) is 0 Å². The zero-order valence-electron chi connectivity index (χ0n) is 12.8. The van der Waals surface area contributed by atoms with Crippen LogP contribution >= 0.6 is 0 Å². The van der Waals surface area contributed by atoms with Crippen LogP contribution in [0.1, 0.15) is 24.5 Å². The Bertz CT molecular complexity index is 662. The highest BCUT2D eigenvalue weighted by Crippen LogP contribution is 2.39. The van der Waals surface area contributed by atoms with E-state index in [1.807, 2.05) is 0 Å². The average Bonchev–Trinajstić information content (AvgIpc) is 2.74. The summed E-state index contributed by atoms with van der Waals surface area (Å²) in [6.07, 6.45) is 2.83. The van der Waals surface area contributed by atoms with Gasteiger partial charge in [0.2, 0.25) is 0 Å². The molecule has 3 aliphatic rings. The van der Waals surface area contributed by atoms with Crippen molar-refractivity contribution in [3.05, 3.63) is 59.7 Å². The lowest BCUT2D eigenvalue weighted by Gasteiger charge is -2.47. The van der Waals surface area contributed by atoms with Gasteiger partial charge in [-0.3, -0.25) is 0 Å². The maximum absolute atomic E-state index is 2.64. The number of rotatable bonds is 1. The maximum Gasteiger partial charge on any atom is 0.0989 e. The fraction of sp³-hybridized carbons (Fsp3) is 0.368. The highest BCUT2D eigenvalue weighted by molar-refractivity contribution is 5.64. The number of fused-ring (bicyclic) bond motifs is 2. The number of para-hydroxylation sites is 2. The molecule has 0 aromatic heterocycles. The van der Waals surface area contributed by atoms with Gasteiger partial charge >= 0.3 is 0 Å². The van der Waals surface area contributed by atoms with Crippen molar-refractivity contribution in [1.82, 2.24) is 0 Å². The minimum Gasteiger partial charge on any atom is -0.351 e. The lowest BCUT2D eigenvalue weighted by molar-refractivity contribution is 0.435. The van der Waals surface area contributed by atoms with Crippen LogP contribution in [0, 0.1) is 6.92 Å². The zero-order valence-corrected chi connectivity index (χ0v) is 12.8. The number of anilines is 2. The summed E-state index contributed by atoms with van der Waals surface area (Å²) in [4.78, 5) is 5.21. The minimum absolute atomic E-state index is 0.425. The average molecular weight is 278 g/mol. The molecule has 0 aliphatic carbocycles. The van der Waals surface area contributed by atoms with Crippen LogP contribution in [0.15, 0.2) is 48.5 Å². The Morgan fingerprint density at radius 1 is 0.952 bits per heavy atom. The molecule has 21 heavy (non-hydrogen) atoms. The number of aryl methyl sites for hydroxylation is 1. The van der Waals surface area contributed by atoms with E-state index >= 15 is 0 Å². The van der Waals surface area contributed by atoms with Crippen LogP contribution in [0.3, 0.4) is 0 Å². The molecule has 5 rings (SSSR count). The van der Waals surface area contributed by atoms with Crippen LogP contribution in [0.25, 0.3) is 0 Å². The molecule has 1 saturated heterocycles. The van der Waals surface area contributed by atoms with Gasteiger partial charge in [0.05, 0.1) is 6.17 Å². The summed E-state index contributed by atoms with van der Waals surface area (Å²) in [7, 11) is 0. The molecule has 3 aliphatic heterocycles. The molecule has 0 radical (unpaired) electrons. The van der Waals surface area contributed by atoms with E-state index in [1.165, 1.54) is 35.5 Å². The molecular formula is C19H22N2. The minimum atomic E-state index is 0.425. The molecule has 0 spiro atoms. The number of hydrogen-bond donors (Lipinski definition) is 0. The molecule has 2 aromatic rings. The lowest BCUT2D eigenvalue weighted by Crippen LogP contribution is -2.56. The van der Waals surface area contributed by atoms with E-state index in [4.69, 9.17) is 0 Å². The Morgan fingerprint density at radius 3 is 2.48 bits per heavy atom. The second-order valence-corrected chi connectivity index (χ2v) is 6.29. The van der Waals surface area contributed by atoms with Crippen molar-refractivity contribution in [2.45, 2.75) is 38.9 Å². The number of nitrogens with zero attached hydrogens (tertiary/aromatic N) is 2. The van der Waals surface area contributed by atoms with Gasteiger partial charge in [-0.25, -0.2) is 0 Å². The van der Waals surface area contributed by atoms with Gasteiger partial charge in [0.1, 0.15) is 0 Å². The molecule has 2 nitrogen and oxygen atoms in total. The van der Waals surface area contributed by atoms with Gasteiger partial charge in [-0.1, -0.05) is 36.4 Å². The molecule has 0 amide bonds. The number of hydrogen-bond acceptors (Lipinski definition) is 2. The third-order valence-electron chi connectivity index (χ3n) is 5.10. The van der Waals surface area contributed by atoms with Gasteiger partial charge in [-0.05, 0) is 49.9 Å². The standard InChI is InChI=1S/C19H22N2/c1-14-7-3-5-9-18(14)21-15(2)20-12-11-17(21)13-16-8-4-6-10-19(16)20/h3-10,15,17H,11-13H2,1-2H3/t15-,17?/m0/s1. The van der Waals surface area contributed by atoms with Crippen LogP contribution in [0.4, 0.5) is 11.4 Å².